The van der Waals surface area contributed by atoms with Crippen LogP contribution in [0.1, 0.15) is 6.42 Å². The van der Waals surface area contributed by atoms with Crippen LogP contribution in [-0.4, -0.2) is 51.3 Å². The molecule has 2 aromatic carbocycles. The second-order valence-corrected chi connectivity index (χ2v) is 6.27. The maximum absolute atomic E-state index is 5.76. The van der Waals surface area contributed by atoms with Crippen LogP contribution < -0.4 is 20.1 Å². The summed E-state index contributed by atoms with van der Waals surface area (Å²) in [6.07, 6.45) is 1.03. The summed E-state index contributed by atoms with van der Waals surface area (Å²) < 4.78 is 11.2. The second kappa shape index (κ2) is 8.62. The lowest BCUT2D eigenvalue weighted by atomic mass is 10.2. The standard InChI is InChI=1S/C20H27N3O2/c1-24-20-6-3-2-5-19(20)23-14-12-22(13-15-23)11-4-16-25-18-9-7-17(21)8-10-18/h2-3,5-10H,4,11-16,21H2,1H3. The van der Waals surface area contributed by atoms with E-state index in [4.69, 9.17) is 15.2 Å². The van der Waals surface area contributed by atoms with Crippen molar-refractivity contribution < 1.29 is 9.47 Å². The average molecular weight is 341 g/mol. The summed E-state index contributed by atoms with van der Waals surface area (Å²) in [6.45, 7) is 5.99. The molecule has 0 bridgehead atoms. The topological polar surface area (TPSA) is 51.0 Å². The minimum atomic E-state index is 0.733. The number of rotatable bonds is 7. The Labute approximate surface area is 149 Å². The van der Waals surface area contributed by atoms with Gasteiger partial charge in [0.25, 0.3) is 0 Å². The number of ether oxygens (including phenoxy) is 2. The zero-order chi connectivity index (χ0) is 17.5. The minimum Gasteiger partial charge on any atom is -0.495 e. The number of piperazine rings is 1. The third-order valence-corrected chi connectivity index (χ3v) is 4.57. The van der Waals surface area contributed by atoms with Gasteiger partial charge in [-0.1, -0.05) is 12.1 Å². The summed E-state index contributed by atoms with van der Waals surface area (Å²) >= 11 is 0. The predicted molar refractivity (Wildman–Crippen MR) is 103 cm³/mol. The van der Waals surface area contributed by atoms with Crippen molar-refractivity contribution in [2.75, 3.05) is 57.1 Å². The number of nitrogens with zero attached hydrogens (tertiary/aromatic N) is 2. The molecular weight excluding hydrogens is 314 g/mol. The monoisotopic (exact) mass is 341 g/mol. The highest BCUT2D eigenvalue weighted by Gasteiger charge is 2.19. The summed E-state index contributed by atoms with van der Waals surface area (Å²) in [4.78, 5) is 4.90. The average Bonchev–Trinajstić information content (AvgIpc) is 2.67. The SMILES string of the molecule is COc1ccccc1N1CCN(CCCOc2ccc(N)cc2)CC1. The minimum absolute atomic E-state index is 0.733. The Hall–Kier alpha value is -2.40. The lowest BCUT2D eigenvalue weighted by Gasteiger charge is -2.36. The molecule has 1 heterocycles. The molecule has 2 aromatic rings. The molecule has 1 saturated heterocycles. The number of anilines is 2. The first-order chi connectivity index (χ1) is 12.3. The van der Waals surface area contributed by atoms with Crippen LogP contribution in [0.4, 0.5) is 11.4 Å². The van der Waals surface area contributed by atoms with Gasteiger partial charge in [-0.2, -0.15) is 0 Å². The Balaban J connectivity index is 1.38. The van der Waals surface area contributed by atoms with Gasteiger partial charge in [-0.15, -0.1) is 0 Å². The quantitative estimate of drug-likeness (QED) is 0.620. The third-order valence-electron chi connectivity index (χ3n) is 4.57. The molecule has 0 aromatic heterocycles. The van der Waals surface area contributed by atoms with Gasteiger partial charge < -0.3 is 20.1 Å². The van der Waals surface area contributed by atoms with E-state index in [0.717, 1.165) is 62.9 Å². The number of nitrogen functional groups attached to an aromatic ring is 1. The van der Waals surface area contributed by atoms with Gasteiger partial charge in [-0.05, 0) is 42.8 Å². The predicted octanol–water partition coefficient (Wildman–Crippen LogP) is 2.87. The van der Waals surface area contributed by atoms with Crippen LogP contribution in [0.25, 0.3) is 0 Å². The highest BCUT2D eigenvalue weighted by molar-refractivity contribution is 5.58. The van der Waals surface area contributed by atoms with Crippen molar-refractivity contribution in [1.29, 1.82) is 0 Å². The zero-order valence-electron chi connectivity index (χ0n) is 14.9. The highest BCUT2D eigenvalue weighted by atomic mass is 16.5. The zero-order valence-corrected chi connectivity index (χ0v) is 14.9. The van der Waals surface area contributed by atoms with Gasteiger partial charge in [0.2, 0.25) is 0 Å². The Kier molecular flexibility index (Phi) is 6.01. The number of hydrogen-bond acceptors (Lipinski definition) is 5. The Morgan fingerprint density at radius 2 is 1.68 bits per heavy atom. The van der Waals surface area contributed by atoms with Gasteiger partial charge in [-0.25, -0.2) is 0 Å². The van der Waals surface area contributed by atoms with E-state index in [-0.39, 0.29) is 0 Å². The molecule has 0 spiro atoms. The van der Waals surface area contributed by atoms with Crippen LogP contribution in [0.5, 0.6) is 11.5 Å². The number of hydrogen-bond donors (Lipinski definition) is 1. The van der Waals surface area contributed by atoms with Crippen molar-refractivity contribution >= 4 is 11.4 Å². The molecular formula is C20H27N3O2. The van der Waals surface area contributed by atoms with Crippen LogP contribution in [0.3, 0.4) is 0 Å². The lowest BCUT2D eigenvalue weighted by Crippen LogP contribution is -2.46. The van der Waals surface area contributed by atoms with E-state index in [1.807, 2.05) is 36.4 Å². The number of nitrogens with two attached hydrogens (primary N) is 1. The summed E-state index contributed by atoms with van der Waals surface area (Å²) in [5, 5.41) is 0. The highest BCUT2D eigenvalue weighted by Crippen LogP contribution is 2.28. The molecule has 0 radical (unpaired) electrons. The molecule has 25 heavy (non-hydrogen) atoms. The van der Waals surface area contributed by atoms with E-state index in [2.05, 4.69) is 21.9 Å². The van der Waals surface area contributed by atoms with Crippen molar-refractivity contribution in [1.82, 2.24) is 4.90 Å². The molecule has 0 atom stereocenters. The Morgan fingerprint density at radius 3 is 2.40 bits per heavy atom. The normalized spacial score (nSPS) is 15.2. The van der Waals surface area contributed by atoms with Crippen LogP contribution in [0.15, 0.2) is 48.5 Å². The molecule has 0 saturated carbocycles. The van der Waals surface area contributed by atoms with Crippen molar-refractivity contribution in [3.63, 3.8) is 0 Å². The number of benzene rings is 2. The Bertz CT molecular complexity index is 652. The van der Waals surface area contributed by atoms with E-state index < -0.39 is 0 Å². The molecule has 134 valence electrons. The van der Waals surface area contributed by atoms with E-state index in [9.17, 15) is 0 Å². The van der Waals surface area contributed by atoms with Crippen molar-refractivity contribution in [3.8, 4) is 11.5 Å². The maximum atomic E-state index is 5.76. The number of para-hydroxylation sites is 2. The van der Waals surface area contributed by atoms with Crippen LogP contribution >= 0.6 is 0 Å². The first-order valence-corrected chi connectivity index (χ1v) is 8.85. The lowest BCUT2D eigenvalue weighted by molar-refractivity contribution is 0.224. The van der Waals surface area contributed by atoms with Gasteiger partial charge in [0.05, 0.1) is 19.4 Å². The van der Waals surface area contributed by atoms with E-state index in [1.165, 1.54) is 5.69 Å². The fourth-order valence-electron chi connectivity index (χ4n) is 3.15. The first-order valence-electron chi connectivity index (χ1n) is 8.85. The summed E-state index contributed by atoms with van der Waals surface area (Å²) in [7, 11) is 1.73. The van der Waals surface area contributed by atoms with Gasteiger partial charge in [0, 0.05) is 38.4 Å². The van der Waals surface area contributed by atoms with Gasteiger partial charge >= 0.3 is 0 Å². The Morgan fingerprint density at radius 1 is 0.960 bits per heavy atom. The fraction of sp³-hybridized carbons (Fsp3) is 0.400. The fourth-order valence-corrected chi connectivity index (χ4v) is 3.15. The molecule has 5 nitrogen and oxygen atoms in total. The van der Waals surface area contributed by atoms with Crippen LogP contribution in [-0.2, 0) is 0 Å². The first kappa shape index (κ1) is 17.4. The number of methoxy groups -OCH3 is 1. The van der Waals surface area contributed by atoms with E-state index >= 15 is 0 Å². The molecule has 1 aliphatic rings. The van der Waals surface area contributed by atoms with E-state index in [0.29, 0.717) is 0 Å². The molecule has 2 N–H and O–H groups in total. The molecule has 0 aliphatic carbocycles. The van der Waals surface area contributed by atoms with Gasteiger partial charge in [0.1, 0.15) is 11.5 Å². The molecule has 1 aliphatic heterocycles. The van der Waals surface area contributed by atoms with Crippen molar-refractivity contribution in [2.45, 2.75) is 6.42 Å². The summed E-state index contributed by atoms with van der Waals surface area (Å²) in [6, 6.07) is 15.8. The van der Waals surface area contributed by atoms with Crippen LogP contribution in [0, 0.1) is 0 Å². The van der Waals surface area contributed by atoms with Crippen molar-refractivity contribution in [3.05, 3.63) is 48.5 Å². The largest absolute Gasteiger partial charge is 0.495 e. The molecule has 1 fully saturated rings. The maximum Gasteiger partial charge on any atom is 0.142 e. The third kappa shape index (κ3) is 4.79. The van der Waals surface area contributed by atoms with Crippen LogP contribution in [0.2, 0.25) is 0 Å². The van der Waals surface area contributed by atoms with Gasteiger partial charge in [0.15, 0.2) is 0 Å². The van der Waals surface area contributed by atoms with Gasteiger partial charge in [-0.3, -0.25) is 4.90 Å². The molecule has 0 unspecified atom stereocenters. The second-order valence-electron chi connectivity index (χ2n) is 6.27. The van der Waals surface area contributed by atoms with E-state index in [1.54, 1.807) is 7.11 Å². The van der Waals surface area contributed by atoms with Crippen molar-refractivity contribution in [2.24, 2.45) is 0 Å². The summed E-state index contributed by atoms with van der Waals surface area (Å²) in [5.41, 5.74) is 7.63. The smallest absolute Gasteiger partial charge is 0.142 e. The molecule has 5 heteroatoms. The molecule has 3 rings (SSSR count). The molecule has 0 amide bonds. The summed E-state index contributed by atoms with van der Waals surface area (Å²) in [5.74, 6) is 1.84.